The molecule has 0 fully saturated rings. The van der Waals surface area contributed by atoms with E-state index in [2.05, 4.69) is 0 Å². The van der Waals surface area contributed by atoms with Gasteiger partial charge in [-0.3, -0.25) is 11.5 Å². The third-order valence-corrected chi connectivity index (χ3v) is 3.13. The molecule has 4 N–H and O–H groups in total. The second kappa shape index (κ2) is 4.66. The molecule has 0 aromatic heterocycles. The van der Waals surface area contributed by atoms with Crippen LogP contribution in [0.5, 0.6) is 0 Å². The maximum atomic E-state index is 5.92. The van der Waals surface area contributed by atoms with Crippen molar-refractivity contribution < 1.29 is 9.47 Å². The highest BCUT2D eigenvalue weighted by atomic mass is 16.5. The van der Waals surface area contributed by atoms with E-state index in [1.807, 2.05) is 48.6 Å². The Labute approximate surface area is 107 Å². The number of methoxy groups -OCH3 is 2. The molecule has 0 amide bonds. The molecule has 0 aliphatic heterocycles. The molecule has 2 aliphatic carbocycles. The molecular formula is C14H18N2O2. The van der Waals surface area contributed by atoms with Crippen LogP contribution in [-0.2, 0) is 9.47 Å². The Balaban J connectivity index is 2.23. The Morgan fingerprint density at radius 2 is 1.00 bits per heavy atom. The van der Waals surface area contributed by atoms with Crippen LogP contribution in [0.4, 0.5) is 0 Å². The first-order valence-corrected chi connectivity index (χ1v) is 5.69. The Morgan fingerprint density at radius 1 is 0.722 bits per heavy atom. The van der Waals surface area contributed by atoms with Crippen LogP contribution in [-0.4, -0.2) is 25.7 Å². The lowest BCUT2D eigenvalue weighted by atomic mass is 9.95. The van der Waals surface area contributed by atoms with Crippen LogP contribution in [0.25, 0.3) is 0 Å². The molecule has 0 atom stereocenters. The van der Waals surface area contributed by atoms with Gasteiger partial charge in [0.25, 0.3) is 0 Å². The maximum Gasteiger partial charge on any atom is 0.155 e. The molecule has 18 heavy (non-hydrogen) atoms. The number of rotatable bonds is 2. The molecule has 96 valence electrons. The van der Waals surface area contributed by atoms with Crippen LogP contribution in [0.15, 0.2) is 59.8 Å². The molecule has 0 saturated carbocycles. The van der Waals surface area contributed by atoms with Crippen LogP contribution in [0.2, 0.25) is 0 Å². The first-order valence-electron chi connectivity index (χ1n) is 5.69. The van der Waals surface area contributed by atoms with Gasteiger partial charge >= 0.3 is 0 Å². The van der Waals surface area contributed by atoms with Gasteiger partial charge in [0.1, 0.15) is 0 Å². The Bertz CT molecular complexity index is 408. The quantitative estimate of drug-likeness (QED) is 0.717. The Morgan fingerprint density at radius 3 is 1.22 bits per heavy atom. The number of hydrogen-bond acceptors (Lipinski definition) is 4. The van der Waals surface area contributed by atoms with Crippen molar-refractivity contribution in [3.8, 4) is 0 Å². The Kier molecular flexibility index (Phi) is 3.36. The molecule has 0 spiro atoms. The SMILES string of the molecule is COC1(N)C=CC(=C2C=CC(N)(OC)C=C2)C=C1. The third kappa shape index (κ3) is 2.52. The van der Waals surface area contributed by atoms with Gasteiger partial charge in [0.15, 0.2) is 11.4 Å². The summed E-state index contributed by atoms with van der Waals surface area (Å²) < 4.78 is 10.3. The fraction of sp³-hybridized carbons (Fsp3) is 0.286. The highest BCUT2D eigenvalue weighted by Crippen LogP contribution is 2.24. The summed E-state index contributed by atoms with van der Waals surface area (Å²) in [6, 6.07) is 0. The van der Waals surface area contributed by atoms with Gasteiger partial charge in [0.2, 0.25) is 0 Å². The molecule has 0 heterocycles. The number of ether oxygens (including phenoxy) is 2. The minimum atomic E-state index is -0.809. The van der Waals surface area contributed by atoms with Gasteiger partial charge in [0, 0.05) is 14.2 Å². The minimum Gasteiger partial charge on any atom is -0.357 e. The largest absolute Gasteiger partial charge is 0.357 e. The van der Waals surface area contributed by atoms with E-state index in [4.69, 9.17) is 20.9 Å². The van der Waals surface area contributed by atoms with Crippen LogP contribution >= 0.6 is 0 Å². The second-order valence-corrected chi connectivity index (χ2v) is 4.36. The number of hydrogen-bond donors (Lipinski definition) is 2. The van der Waals surface area contributed by atoms with Crippen molar-refractivity contribution in [2.45, 2.75) is 11.4 Å². The fourth-order valence-electron chi connectivity index (χ4n) is 1.76. The maximum absolute atomic E-state index is 5.92. The lowest BCUT2D eigenvalue weighted by Gasteiger charge is -2.25. The lowest BCUT2D eigenvalue weighted by Crippen LogP contribution is -2.38. The summed E-state index contributed by atoms with van der Waals surface area (Å²) >= 11 is 0. The van der Waals surface area contributed by atoms with E-state index < -0.39 is 11.4 Å². The summed E-state index contributed by atoms with van der Waals surface area (Å²) in [5.41, 5.74) is 12.3. The van der Waals surface area contributed by atoms with Crippen molar-refractivity contribution in [2.24, 2.45) is 11.5 Å². The molecule has 0 aromatic rings. The average Bonchev–Trinajstić information content (AvgIpc) is 2.41. The second-order valence-electron chi connectivity index (χ2n) is 4.36. The van der Waals surface area contributed by atoms with Gasteiger partial charge in [-0.2, -0.15) is 0 Å². The average molecular weight is 246 g/mol. The summed E-state index contributed by atoms with van der Waals surface area (Å²) in [6.07, 6.45) is 15.0. The van der Waals surface area contributed by atoms with Gasteiger partial charge < -0.3 is 9.47 Å². The van der Waals surface area contributed by atoms with Crippen LogP contribution in [0.1, 0.15) is 0 Å². The number of allylic oxidation sites excluding steroid dienone is 6. The summed E-state index contributed by atoms with van der Waals surface area (Å²) in [5, 5.41) is 0. The summed E-state index contributed by atoms with van der Waals surface area (Å²) in [5.74, 6) is 0. The molecular weight excluding hydrogens is 228 g/mol. The zero-order valence-corrected chi connectivity index (χ0v) is 10.6. The van der Waals surface area contributed by atoms with Crippen molar-refractivity contribution in [3.05, 3.63) is 59.8 Å². The van der Waals surface area contributed by atoms with E-state index in [1.165, 1.54) is 0 Å². The summed E-state index contributed by atoms with van der Waals surface area (Å²) in [4.78, 5) is 0. The predicted octanol–water partition coefficient (Wildman–Crippen LogP) is 1.14. The van der Waals surface area contributed by atoms with Crippen molar-refractivity contribution in [2.75, 3.05) is 14.2 Å². The summed E-state index contributed by atoms with van der Waals surface area (Å²) in [7, 11) is 3.16. The van der Waals surface area contributed by atoms with Gasteiger partial charge in [-0.05, 0) is 35.5 Å². The number of nitrogens with two attached hydrogens (primary N) is 2. The zero-order chi connectivity index (χ0) is 13.2. The fourth-order valence-corrected chi connectivity index (χ4v) is 1.76. The molecule has 0 saturated heterocycles. The van der Waals surface area contributed by atoms with Gasteiger partial charge in [-0.25, -0.2) is 0 Å². The predicted molar refractivity (Wildman–Crippen MR) is 71.4 cm³/mol. The molecule has 2 aliphatic rings. The van der Waals surface area contributed by atoms with Gasteiger partial charge in [-0.15, -0.1) is 0 Å². The van der Waals surface area contributed by atoms with Crippen LogP contribution in [0, 0.1) is 0 Å². The zero-order valence-electron chi connectivity index (χ0n) is 10.6. The normalized spacial score (nSPS) is 34.4. The van der Waals surface area contributed by atoms with Crippen molar-refractivity contribution in [1.82, 2.24) is 0 Å². The molecule has 0 unspecified atom stereocenters. The van der Waals surface area contributed by atoms with E-state index in [0.29, 0.717) is 0 Å². The van der Waals surface area contributed by atoms with Crippen molar-refractivity contribution in [3.63, 3.8) is 0 Å². The highest BCUT2D eigenvalue weighted by Gasteiger charge is 2.22. The molecule has 4 nitrogen and oxygen atoms in total. The van der Waals surface area contributed by atoms with E-state index in [1.54, 1.807) is 14.2 Å². The standard InChI is InChI=1S/C14H18N2O2/c1-17-13(15)7-3-11(4-8-13)12-5-9-14(16,18-2)10-6-12/h3-10H,15-16H2,1-2H3. The molecule has 4 heteroatoms. The topological polar surface area (TPSA) is 70.5 Å². The molecule has 0 bridgehead atoms. The molecule has 2 rings (SSSR count). The first-order chi connectivity index (χ1) is 8.50. The van der Waals surface area contributed by atoms with Crippen LogP contribution in [0.3, 0.4) is 0 Å². The highest BCUT2D eigenvalue weighted by molar-refractivity contribution is 5.52. The third-order valence-electron chi connectivity index (χ3n) is 3.13. The minimum absolute atomic E-state index is 0.809. The smallest absolute Gasteiger partial charge is 0.155 e. The van der Waals surface area contributed by atoms with Crippen LogP contribution < -0.4 is 11.5 Å². The van der Waals surface area contributed by atoms with E-state index in [9.17, 15) is 0 Å². The van der Waals surface area contributed by atoms with Gasteiger partial charge in [0.05, 0.1) is 0 Å². The Hall–Kier alpha value is -1.46. The monoisotopic (exact) mass is 246 g/mol. The van der Waals surface area contributed by atoms with Gasteiger partial charge in [-0.1, -0.05) is 24.3 Å². The first kappa shape index (κ1) is 13.0. The lowest BCUT2D eigenvalue weighted by molar-refractivity contribution is 0.0788. The van der Waals surface area contributed by atoms with E-state index in [-0.39, 0.29) is 0 Å². The van der Waals surface area contributed by atoms with Crippen molar-refractivity contribution in [1.29, 1.82) is 0 Å². The van der Waals surface area contributed by atoms with Crippen molar-refractivity contribution >= 4 is 0 Å². The summed E-state index contributed by atoms with van der Waals surface area (Å²) in [6.45, 7) is 0. The van der Waals surface area contributed by atoms with E-state index >= 15 is 0 Å². The van der Waals surface area contributed by atoms with E-state index in [0.717, 1.165) is 11.1 Å². The molecule has 0 radical (unpaired) electrons. The molecule has 0 aromatic carbocycles.